The number of morpholine rings is 1. The van der Waals surface area contributed by atoms with Gasteiger partial charge in [0.15, 0.2) is 0 Å². The molecule has 3 atom stereocenters. The van der Waals surface area contributed by atoms with Crippen molar-refractivity contribution in [3.05, 3.63) is 47.3 Å². The normalized spacial score (nSPS) is 24.9. The van der Waals surface area contributed by atoms with Crippen LogP contribution in [0.3, 0.4) is 0 Å². The first kappa shape index (κ1) is 21.2. The van der Waals surface area contributed by atoms with E-state index in [0.29, 0.717) is 25.7 Å². The van der Waals surface area contributed by atoms with Crippen LogP contribution in [0.5, 0.6) is 0 Å². The van der Waals surface area contributed by atoms with Crippen molar-refractivity contribution >= 4 is 5.91 Å². The fraction of sp³-hybridized carbons (Fsp3) is 0.609. The lowest BCUT2D eigenvalue weighted by molar-refractivity contribution is -0.147. The summed E-state index contributed by atoms with van der Waals surface area (Å²) in [4.78, 5) is 17.7. The highest BCUT2D eigenvalue weighted by Gasteiger charge is 2.42. The van der Waals surface area contributed by atoms with E-state index in [2.05, 4.69) is 64.7 Å². The minimum atomic E-state index is -0.385. The second-order valence-corrected chi connectivity index (χ2v) is 8.64. The number of nitrogens with two attached hydrogens (primary N) is 1. The van der Waals surface area contributed by atoms with Crippen LogP contribution in [-0.2, 0) is 9.53 Å². The maximum absolute atomic E-state index is 13.3. The summed E-state index contributed by atoms with van der Waals surface area (Å²) in [5, 5.41) is 6.99. The lowest BCUT2D eigenvalue weighted by Gasteiger charge is -2.35. The molecule has 2 heterocycles. The molecule has 7 heteroatoms. The van der Waals surface area contributed by atoms with Crippen LogP contribution < -0.4 is 16.4 Å². The van der Waals surface area contributed by atoms with Crippen molar-refractivity contribution in [1.29, 1.82) is 0 Å². The number of hydrogen-bond donors (Lipinski definition) is 3. The molecule has 4 N–H and O–H groups in total. The molecule has 2 fully saturated rings. The van der Waals surface area contributed by atoms with Gasteiger partial charge in [-0.3, -0.25) is 4.79 Å². The van der Waals surface area contributed by atoms with Gasteiger partial charge in [0.05, 0.1) is 18.3 Å². The monoisotopic (exact) mass is 413 g/mol. The smallest absolute Gasteiger partial charge is 0.253 e. The van der Waals surface area contributed by atoms with Gasteiger partial charge in [0.25, 0.3) is 5.91 Å². The van der Waals surface area contributed by atoms with E-state index >= 15 is 0 Å². The zero-order valence-corrected chi connectivity index (χ0v) is 18.1. The molecule has 1 aromatic carbocycles. The van der Waals surface area contributed by atoms with Crippen LogP contribution in [0.25, 0.3) is 0 Å². The number of benzene rings is 1. The molecule has 0 spiro atoms. The molecule has 3 aliphatic rings. The summed E-state index contributed by atoms with van der Waals surface area (Å²) in [6, 6.07) is 8.89. The van der Waals surface area contributed by atoms with E-state index in [0.717, 1.165) is 38.0 Å². The number of ether oxygens (including phenoxy) is 1. The Bertz CT molecular complexity index is 773. The average Bonchev–Trinajstić information content (AvgIpc) is 3.50. The molecule has 2 aliphatic heterocycles. The maximum atomic E-state index is 13.3. The van der Waals surface area contributed by atoms with Crippen molar-refractivity contribution in [2.75, 3.05) is 32.8 Å². The Kier molecular flexibility index (Phi) is 6.61. The van der Waals surface area contributed by atoms with Gasteiger partial charge < -0.3 is 30.9 Å². The Hall–Kier alpha value is -2.09. The minimum Gasteiger partial charge on any atom is -0.366 e. The van der Waals surface area contributed by atoms with Gasteiger partial charge in [0, 0.05) is 31.9 Å². The van der Waals surface area contributed by atoms with E-state index in [-0.39, 0.29) is 24.2 Å². The summed E-state index contributed by atoms with van der Waals surface area (Å²) in [6.45, 7) is 7.78. The predicted molar refractivity (Wildman–Crippen MR) is 117 cm³/mol. The molecule has 30 heavy (non-hydrogen) atoms. The molecule has 1 aliphatic carbocycles. The summed E-state index contributed by atoms with van der Waals surface area (Å²) < 4.78 is 5.77. The maximum Gasteiger partial charge on any atom is 0.253 e. The summed E-state index contributed by atoms with van der Waals surface area (Å²) in [5.74, 6) is 0.104. The number of carbonyl (C=O) groups excluding carboxylic acids is 1. The van der Waals surface area contributed by atoms with E-state index in [1.54, 1.807) is 0 Å². The second-order valence-electron chi connectivity index (χ2n) is 8.64. The average molecular weight is 414 g/mol. The highest BCUT2D eigenvalue weighted by molar-refractivity contribution is 5.82. The van der Waals surface area contributed by atoms with Crippen LogP contribution in [-0.4, -0.2) is 66.7 Å². The zero-order chi connectivity index (χ0) is 21.1. The number of nitrogens with one attached hydrogen (secondary N) is 2. The molecular formula is C23H35N5O2. The van der Waals surface area contributed by atoms with Gasteiger partial charge in [-0.25, -0.2) is 0 Å². The van der Waals surface area contributed by atoms with Crippen molar-refractivity contribution in [1.82, 2.24) is 20.4 Å². The Balaban J connectivity index is 1.53. The third-order valence-electron chi connectivity index (χ3n) is 6.18. The first-order valence-corrected chi connectivity index (χ1v) is 11.2. The molecule has 1 unspecified atom stereocenters. The Morgan fingerprint density at radius 2 is 2.23 bits per heavy atom. The van der Waals surface area contributed by atoms with E-state index in [1.807, 2.05) is 0 Å². The number of hydrogen-bond acceptors (Lipinski definition) is 6. The Labute approximate surface area is 179 Å². The molecular weight excluding hydrogens is 378 g/mol. The summed E-state index contributed by atoms with van der Waals surface area (Å²) in [6.07, 6.45) is 4.94. The Morgan fingerprint density at radius 3 is 2.90 bits per heavy atom. The molecule has 1 saturated carbocycles. The second kappa shape index (κ2) is 9.37. The Morgan fingerprint density at radius 1 is 1.40 bits per heavy atom. The largest absolute Gasteiger partial charge is 0.366 e. The molecule has 4 rings (SSSR count). The van der Waals surface area contributed by atoms with Gasteiger partial charge in [-0.05, 0) is 45.2 Å². The first-order chi connectivity index (χ1) is 14.6. The third kappa shape index (κ3) is 4.63. The lowest BCUT2D eigenvalue weighted by Crippen LogP contribution is -2.53. The number of nitrogens with zero attached hydrogens (tertiary/aromatic N) is 2. The molecule has 0 aromatic heterocycles. The van der Waals surface area contributed by atoms with E-state index in [9.17, 15) is 4.79 Å². The number of carbonyl (C=O) groups is 1. The predicted octanol–water partition coefficient (Wildman–Crippen LogP) is 1.46. The number of rotatable bonds is 8. The molecule has 1 amide bonds. The molecule has 1 aromatic rings. The highest BCUT2D eigenvalue weighted by Crippen LogP contribution is 2.34. The fourth-order valence-electron chi connectivity index (χ4n) is 4.42. The van der Waals surface area contributed by atoms with Crippen LogP contribution >= 0.6 is 0 Å². The van der Waals surface area contributed by atoms with Crippen molar-refractivity contribution < 1.29 is 9.53 Å². The molecule has 7 nitrogen and oxygen atoms in total. The molecule has 1 saturated heterocycles. The van der Waals surface area contributed by atoms with E-state index in [1.165, 1.54) is 11.1 Å². The van der Waals surface area contributed by atoms with Gasteiger partial charge >= 0.3 is 0 Å². The van der Waals surface area contributed by atoms with Crippen molar-refractivity contribution in [3.63, 3.8) is 0 Å². The van der Waals surface area contributed by atoms with E-state index in [4.69, 9.17) is 10.5 Å². The van der Waals surface area contributed by atoms with Crippen molar-refractivity contribution in [2.24, 2.45) is 5.73 Å². The van der Waals surface area contributed by atoms with E-state index < -0.39 is 0 Å². The molecule has 0 radical (unpaired) electrons. The highest BCUT2D eigenvalue weighted by atomic mass is 16.5. The standard InChI is InChI=1S/C23H35N5O2/c1-16-5-3-6-18(13-16)22-26-20(15-27(22)11-4-9-24)17(2)28(19-7-8-19)23(29)21-14-25-10-12-30-21/h3,5-6,13,15,17,19,21-22,25-26H,4,7-12,14,24H2,1-2H3/t17-,21-,22?/m1/s1. The van der Waals surface area contributed by atoms with Gasteiger partial charge in [-0.1, -0.05) is 29.8 Å². The molecule has 0 bridgehead atoms. The quantitative estimate of drug-likeness (QED) is 0.599. The van der Waals surface area contributed by atoms with Crippen molar-refractivity contribution in [2.45, 2.75) is 57.5 Å². The minimum absolute atomic E-state index is 0.0225. The number of amides is 1. The van der Waals surface area contributed by atoms with Crippen LogP contribution in [0, 0.1) is 6.92 Å². The van der Waals surface area contributed by atoms with Crippen molar-refractivity contribution in [3.8, 4) is 0 Å². The topological polar surface area (TPSA) is 82.9 Å². The van der Waals surface area contributed by atoms with Crippen LogP contribution in [0.2, 0.25) is 0 Å². The fourth-order valence-corrected chi connectivity index (χ4v) is 4.42. The molecule has 164 valence electrons. The lowest BCUT2D eigenvalue weighted by atomic mass is 10.1. The summed E-state index contributed by atoms with van der Waals surface area (Å²) >= 11 is 0. The van der Waals surface area contributed by atoms with Crippen LogP contribution in [0.4, 0.5) is 0 Å². The van der Waals surface area contributed by atoms with Gasteiger partial charge in [-0.15, -0.1) is 0 Å². The van der Waals surface area contributed by atoms with Gasteiger partial charge in [-0.2, -0.15) is 0 Å². The summed E-state index contributed by atoms with van der Waals surface area (Å²) in [7, 11) is 0. The van der Waals surface area contributed by atoms with Gasteiger partial charge in [0.2, 0.25) is 0 Å². The number of aryl methyl sites for hydroxylation is 1. The SMILES string of the molecule is Cc1cccc(C2NC([C@@H](C)N(C(=O)[C@H]3CNCCO3)C3CC3)=CN2CCCN)c1. The summed E-state index contributed by atoms with van der Waals surface area (Å²) in [5.41, 5.74) is 9.35. The van der Waals surface area contributed by atoms with Crippen LogP contribution in [0.1, 0.15) is 43.5 Å². The van der Waals surface area contributed by atoms with Crippen LogP contribution in [0.15, 0.2) is 36.2 Å². The van der Waals surface area contributed by atoms with Gasteiger partial charge in [0.1, 0.15) is 12.3 Å². The zero-order valence-electron chi connectivity index (χ0n) is 18.1. The third-order valence-corrected chi connectivity index (χ3v) is 6.18. The first-order valence-electron chi connectivity index (χ1n) is 11.2.